The number of likely N-dealkylation sites (tertiary alicyclic amines) is 1. The van der Waals surface area contributed by atoms with Gasteiger partial charge >= 0.3 is 0 Å². The SMILES string of the molecule is NC(=O)C1CCCN(C(=O)C2CC(=O)N(c3cccc4ccccc34)C2)C1. The van der Waals surface area contributed by atoms with Gasteiger partial charge in [0.15, 0.2) is 0 Å². The second-order valence-electron chi connectivity index (χ2n) is 7.43. The van der Waals surface area contributed by atoms with Crippen LogP contribution in [0.4, 0.5) is 5.69 Å². The van der Waals surface area contributed by atoms with E-state index >= 15 is 0 Å². The summed E-state index contributed by atoms with van der Waals surface area (Å²) in [4.78, 5) is 40.5. The van der Waals surface area contributed by atoms with E-state index in [1.807, 2.05) is 42.5 Å². The van der Waals surface area contributed by atoms with Crippen molar-refractivity contribution in [2.45, 2.75) is 19.3 Å². The molecule has 2 aromatic carbocycles. The summed E-state index contributed by atoms with van der Waals surface area (Å²) in [5.41, 5.74) is 6.27. The highest BCUT2D eigenvalue weighted by Gasteiger charge is 2.39. The first-order chi connectivity index (χ1) is 13.0. The van der Waals surface area contributed by atoms with E-state index in [9.17, 15) is 14.4 Å². The number of piperidine rings is 1. The molecule has 0 bridgehead atoms. The highest BCUT2D eigenvalue weighted by atomic mass is 16.2. The smallest absolute Gasteiger partial charge is 0.228 e. The fourth-order valence-electron chi connectivity index (χ4n) is 4.22. The van der Waals surface area contributed by atoms with Crippen molar-refractivity contribution in [1.82, 2.24) is 4.90 Å². The molecule has 2 fully saturated rings. The summed E-state index contributed by atoms with van der Waals surface area (Å²) in [6.45, 7) is 1.37. The minimum atomic E-state index is -0.372. The van der Waals surface area contributed by atoms with Gasteiger partial charge in [-0.15, -0.1) is 0 Å². The van der Waals surface area contributed by atoms with Crippen molar-refractivity contribution >= 4 is 34.2 Å². The molecule has 0 aromatic heterocycles. The van der Waals surface area contributed by atoms with Crippen LogP contribution in [0.3, 0.4) is 0 Å². The molecule has 3 amide bonds. The summed E-state index contributed by atoms with van der Waals surface area (Å²) in [6, 6.07) is 13.8. The van der Waals surface area contributed by atoms with E-state index in [4.69, 9.17) is 5.73 Å². The van der Waals surface area contributed by atoms with Gasteiger partial charge in [0, 0.05) is 31.4 Å². The number of fused-ring (bicyclic) bond motifs is 1. The lowest BCUT2D eigenvalue weighted by atomic mass is 9.96. The number of hydrogen-bond donors (Lipinski definition) is 1. The number of carbonyl (C=O) groups excluding carboxylic acids is 3. The van der Waals surface area contributed by atoms with Gasteiger partial charge in [-0.3, -0.25) is 14.4 Å². The molecule has 0 aliphatic carbocycles. The minimum absolute atomic E-state index is 0.0341. The molecule has 2 N–H and O–H groups in total. The van der Waals surface area contributed by atoms with Crippen LogP contribution in [0.25, 0.3) is 10.8 Å². The van der Waals surface area contributed by atoms with Gasteiger partial charge in [-0.05, 0) is 24.3 Å². The topological polar surface area (TPSA) is 83.7 Å². The largest absolute Gasteiger partial charge is 0.369 e. The van der Waals surface area contributed by atoms with E-state index in [0.29, 0.717) is 19.6 Å². The van der Waals surface area contributed by atoms with Crippen molar-refractivity contribution in [3.05, 3.63) is 42.5 Å². The Hall–Kier alpha value is -2.89. The van der Waals surface area contributed by atoms with Crippen molar-refractivity contribution in [2.75, 3.05) is 24.5 Å². The van der Waals surface area contributed by atoms with Crippen LogP contribution >= 0.6 is 0 Å². The zero-order valence-corrected chi connectivity index (χ0v) is 15.1. The molecule has 2 unspecified atom stereocenters. The molecule has 2 aromatic rings. The third-order valence-electron chi connectivity index (χ3n) is 5.67. The highest BCUT2D eigenvalue weighted by Crippen LogP contribution is 2.32. The number of anilines is 1. The first kappa shape index (κ1) is 17.5. The van der Waals surface area contributed by atoms with Crippen LogP contribution in [0.15, 0.2) is 42.5 Å². The Kier molecular flexibility index (Phi) is 4.56. The van der Waals surface area contributed by atoms with Crippen LogP contribution in [0.1, 0.15) is 19.3 Å². The van der Waals surface area contributed by atoms with Gasteiger partial charge in [-0.25, -0.2) is 0 Å². The molecular formula is C21H23N3O3. The number of nitrogens with zero attached hydrogens (tertiary/aromatic N) is 2. The van der Waals surface area contributed by atoms with Gasteiger partial charge in [0.05, 0.1) is 17.5 Å². The maximum Gasteiger partial charge on any atom is 0.228 e. The van der Waals surface area contributed by atoms with Crippen LogP contribution in [-0.2, 0) is 14.4 Å². The summed E-state index contributed by atoms with van der Waals surface area (Å²) < 4.78 is 0. The summed E-state index contributed by atoms with van der Waals surface area (Å²) in [7, 11) is 0. The quantitative estimate of drug-likeness (QED) is 0.902. The van der Waals surface area contributed by atoms with E-state index in [1.54, 1.807) is 9.80 Å². The Labute approximate surface area is 157 Å². The van der Waals surface area contributed by atoms with Crippen LogP contribution in [0, 0.1) is 11.8 Å². The Morgan fingerprint density at radius 2 is 1.78 bits per heavy atom. The van der Waals surface area contributed by atoms with Gasteiger partial charge in [0.25, 0.3) is 0 Å². The van der Waals surface area contributed by atoms with Crippen molar-refractivity contribution in [3.8, 4) is 0 Å². The summed E-state index contributed by atoms with van der Waals surface area (Å²) >= 11 is 0. The summed E-state index contributed by atoms with van der Waals surface area (Å²) in [6.07, 6.45) is 1.71. The molecule has 2 heterocycles. The highest BCUT2D eigenvalue weighted by molar-refractivity contribution is 6.07. The lowest BCUT2D eigenvalue weighted by Gasteiger charge is -2.32. The van der Waals surface area contributed by atoms with Crippen molar-refractivity contribution in [3.63, 3.8) is 0 Å². The van der Waals surface area contributed by atoms with Gasteiger partial charge in [-0.2, -0.15) is 0 Å². The Morgan fingerprint density at radius 1 is 1.00 bits per heavy atom. The van der Waals surface area contributed by atoms with Crippen LogP contribution in [0.5, 0.6) is 0 Å². The van der Waals surface area contributed by atoms with Crippen molar-refractivity contribution in [2.24, 2.45) is 17.6 Å². The molecule has 2 aliphatic rings. The number of amides is 3. The number of hydrogen-bond acceptors (Lipinski definition) is 3. The number of nitrogens with two attached hydrogens (primary N) is 1. The van der Waals surface area contributed by atoms with Crippen LogP contribution in [-0.4, -0.2) is 42.3 Å². The fourth-order valence-corrected chi connectivity index (χ4v) is 4.22. The van der Waals surface area contributed by atoms with Crippen molar-refractivity contribution < 1.29 is 14.4 Å². The molecule has 27 heavy (non-hydrogen) atoms. The second-order valence-corrected chi connectivity index (χ2v) is 7.43. The lowest BCUT2D eigenvalue weighted by molar-refractivity contribution is -0.139. The average molecular weight is 365 g/mol. The van der Waals surface area contributed by atoms with Crippen molar-refractivity contribution in [1.29, 1.82) is 0 Å². The number of carbonyl (C=O) groups is 3. The summed E-state index contributed by atoms with van der Waals surface area (Å²) in [5, 5.41) is 2.08. The van der Waals surface area contributed by atoms with Gasteiger partial charge in [0.1, 0.15) is 0 Å². The fraction of sp³-hybridized carbons (Fsp3) is 0.381. The zero-order chi connectivity index (χ0) is 19.0. The maximum absolute atomic E-state index is 12.9. The van der Waals surface area contributed by atoms with E-state index in [-0.39, 0.29) is 36.0 Å². The normalized spacial score (nSPS) is 23.0. The predicted molar refractivity (Wildman–Crippen MR) is 103 cm³/mol. The number of benzene rings is 2. The molecular weight excluding hydrogens is 342 g/mol. The molecule has 4 rings (SSSR count). The van der Waals surface area contributed by atoms with Crippen LogP contribution < -0.4 is 10.6 Å². The molecule has 0 spiro atoms. The summed E-state index contributed by atoms with van der Waals surface area (Å²) in [5.74, 6) is -1.09. The Morgan fingerprint density at radius 3 is 2.59 bits per heavy atom. The van der Waals surface area contributed by atoms with Crippen LogP contribution in [0.2, 0.25) is 0 Å². The van der Waals surface area contributed by atoms with Gasteiger partial charge in [0.2, 0.25) is 17.7 Å². The van der Waals surface area contributed by atoms with E-state index in [1.165, 1.54) is 0 Å². The molecule has 6 nitrogen and oxygen atoms in total. The van der Waals surface area contributed by atoms with E-state index in [0.717, 1.165) is 29.3 Å². The van der Waals surface area contributed by atoms with Gasteiger partial charge < -0.3 is 15.5 Å². The standard InChI is InChI=1S/C21H23N3O3/c22-20(26)15-7-4-10-23(12-15)21(27)16-11-19(25)24(13-16)18-9-3-6-14-5-1-2-8-17(14)18/h1-3,5-6,8-9,15-16H,4,7,10-13H2,(H2,22,26). The molecule has 6 heteroatoms. The average Bonchev–Trinajstić information content (AvgIpc) is 3.08. The Balaban J connectivity index is 1.53. The van der Waals surface area contributed by atoms with E-state index < -0.39 is 0 Å². The zero-order valence-electron chi connectivity index (χ0n) is 15.1. The van der Waals surface area contributed by atoms with E-state index in [2.05, 4.69) is 0 Å². The first-order valence-corrected chi connectivity index (χ1v) is 9.41. The first-order valence-electron chi connectivity index (χ1n) is 9.41. The molecule has 0 radical (unpaired) electrons. The molecule has 2 aliphatic heterocycles. The molecule has 2 saturated heterocycles. The molecule has 2 atom stereocenters. The maximum atomic E-state index is 12.9. The lowest BCUT2D eigenvalue weighted by Crippen LogP contribution is -2.46. The minimum Gasteiger partial charge on any atom is -0.369 e. The predicted octanol–water partition coefficient (Wildman–Crippen LogP) is 1.92. The Bertz CT molecular complexity index is 905. The third kappa shape index (κ3) is 3.27. The number of primary amides is 1. The third-order valence-corrected chi connectivity index (χ3v) is 5.67. The van der Waals surface area contributed by atoms with Gasteiger partial charge in [-0.1, -0.05) is 36.4 Å². The number of rotatable bonds is 3. The second kappa shape index (κ2) is 7.02. The molecule has 140 valence electrons. The molecule has 0 saturated carbocycles. The monoisotopic (exact) mass is 365 g/mol.